The molecule has 0 fully saturated rings. The summed E-state index contributed by atoms with van der Waals surface area (Å²) >= 11 is 0. The third-order valence-electron chi connectivity index (χ3n) is 0. The molecule has 3 nitrogen and oxygen atoms in total. The average Bonchev–Trinajstić information content (AvgIpc) is 0.811. The Kier molecular flexibility index (Phi) is 27.8. The van der Waals surface area contributed by atoms with E-state index in [-0.39, 0.29) is 82.4 Å². The van der Waals surface area contributed by atoms with E-state index in [4.69, 9.17) is 15.1 Å². The second-order valence-electron chi connectivity index (χ2n) is 0.289. The topological polar surface area (TPSA) is 69.2 Å². The first kappa shape index (κ1) is 15.8. The fourth-order valence-corrected chi connectivity index (χ4v) is 0. The van der Waals surface area contributed by atoms with Gasteiger partial charge in [-0.25, -0.2) is 0 Å². The van der Waals surface area contributed by atoms with Gasteiger partial charge in [0.05, 0.1) is 0 Å². The van der Waals surface area contributed by atoms with Crippen molar-refractivity contribution >= 4 is 7.32 Å². The molecule has 0 aromatic rings. The first-order chi connectivity index (χ1) is 1.73. The van der Waals surface area contributed by atoms with Crippen LogP contribution in [-0.2, 0) is 0 Å². The van der Waals surface area contributed by atoms with Gasteiger partial charge in [0.15, 0.2) is 0 Å². The number of rotatable bonds is 0. The fourth-order valence-electron chi connectivity index (χ4n) is 0. The van der Waals surface area contributed by atoms with E-state index < -0.39 is 7.32 Å². The summed E-state index contributed by atoms with van der Waals surface area (Å²) in [6.07, 6.45) is 0. The maximum absolute atomic E-state index is 8.42. The van der Waals surface area contributed by atoms with E-state index >= 15 is 0 Å². The Hall–Kier alpha value is 2.58. The maximum Gasteiger partial charge on any atom is 1.00 e. The standard InChI is InChI=1S/BO3.K.Na/c2-1(3)4;;/q-3;2*+1/p+1. The molecule has 24 valence electrons. The summed E-state index contributed by atoms with van der Waals surface area (Å²) in [6, 6.07) is 0. The van der Waals surface area contributed by atoms with Gasteiger partial charge in [0.25, 0.3) is 0 Å². The van der Waals surface area contributed by atoms with Crippen LogP contribution in [-0.4, -0.2) is 7.32 Å². The summed E-state index contributed by atoms with van der Waals surface area (Å²) < 4.78 is 0. The van der Waals surface area contributed by atoms with Crippen LogP contribution in [0.3, 0.4) is 0 Å². The van der Waals surface area contributed by atoms with Crippen LogP contribution in [0.1, 0.15) is 1.43 Å². The summed E-state index contributed by atoms with van der Waals surface area (Å²) in [5.74, 6) is 0. The molecule has 0 amide bonds. The number of hydrogen-bond acceptors (Lipinski definition) is 3. The van der Waals surface area contributed by atoms with E-state index in [1.807, 2.05) is 0 Å². The van der Waals surface area contributed by atoms with Crippen molar-refractivity contribution in [3.63, 3.8) is 0 Å². The third kappa shape index (κ3) is 30.8. The van der Waals surface area contributed by atoms with Crippen LogP contribution in [0, 0.1) is 0 Å². The van der Waals surface area contributed by atoms with E-state index in [1.54, 1.807) is 0 Å². The van der Waals surface area contributed by atoms with Crippen molar-refractivity contribution in [2.45, 2.75) is 0 Å². The van der Waals surface area contributed by atoms with Gasteiger partial charge in [0, 0.05) is 0 Å². The van der Waals surface area contributed by atoms with Crippen LogP contribution in [0.15, 0.2) is 0 Å². The molecule has 0 spiro atoms. The Labute approximate surface area is 103 Å². The van der Waals surface area contributed by atoms with Gasteiger partial charge < -0.3 is 15.1 Å². The third-order valence-corrected chi connectivity index (χ3v) is 0. The van der Waals surface area contributed by atoms with Crippen molar-refractivity contribution in [1.82, 2.24) is 0 Å². The molecule has 0 aromatic heterocycles. The van der Waals surface area contributed by atoms with E-state index in [2.05, 4.69) is 0 Å². The minimum atomic E-state index is -2.92. The molecular formula is HBKNaO3. The molecule has 0 N–H and O–H groups in total. The van der Waals surface area contributed by atoms with Gasteiger partial charge in [0.1, 0.15) is 0 Å². The maximum atomic E-state index is 8.42. The van der Waals surface area contributed by atoms with Gasteiger partial charge in [-0.2, -0.15) is 0 Å². The summed E-state index contributed by atoms with van der Waals surface area (Å²) in [7, 11) is -2.92. The predicted octanol–water partition coefficient (Wildman–Crippen LogP) is -9.83. The zero-order valence-electron chi connectivity index (χ0n) is 4.80. The molecule has 0 unspecified atom stereocenters. The van der Waals surface area contributed by atoms with Gasteiger partial charge in [0.2, 0.25) is 0 Å². The van der Waals surface area contributed by atoms with Crippen LogP contribution >= 0.6 is 0 Å². The first-order valence-electron chi connectivity index (χ1n) is 0.707. The van der Waals surface area contributed by atoms with Crippen LogP contribution < -0.4 is 96.0 Å². The van der Waals surface area contributed by atoms with Gasteiger partial charge in [-0.1, -0.05) is 0 Å². The zero-order chi connectivity index (χ0) is 3.58. The van der Waals surface area contributed by atoms with E-state index in [0.29, 0.717) is 0 Å². The molecule has 6 heavy (non-hydrogen) atoms. The van der Waals surface area contributed by atoms with Crippen molar-refractivity contribution in [3.05, 3.63) is 0 Å². The van der Waals surface area contributed by atoms with Gasteiger partial charge >= 0.3 is 82.4 Å². The summed E-state index contributed by atoms with van der Waals surface area (Å²) in [5, 5.41) is 25.2. The van der Waals surface area contributed by atoms with Gasteiger partial charge in [-0.05, 0) is 0 Å². The van der Waals surface area contributed by atoms with Crippen molar-refractivity contribution in [2.24, 2.45) is 0 Å². The molecule has 0 bridgehead atoms. The molecule has 0 atom stereocenters. The molecule has 0 radical (unpaired) electrons. The largest absolute Gasteiger partial charge is 1.00 e. The number of hydrogen-bond donors (Lipinski definition) is 0. The second kappa shape index (κ2) is 10.5. The molecule has 0 aliphatic carbocycles. The minimum absolute atomic E-state index is 0. The normalized spacial score (nSPS) is 4.50. The Bertz CT molecular complexity index is 19.7. The Balaban J connectivity index is -0.0000000150. The summed E-state index contributed by atoms with van der Waals surface area (Å²) in [6.45, 7) is 0. The minimum Gasteiger partial charge on any atom is -0.907 e. The van der Waals surface area contributed by atoms with E-state index in [0.717, 1.165) is 0 Å². The molecule has 0 aliphatic rings. The Morgan fingerprint density at radius 2 is 1.17 bits per heavy atom. The van der Waals surface area contributed by atoms with Crippen LogP contribution in [0.2, 0.25) is 0 Å². The van der Waals surface area contributed by atoms with Gasteiger partial charge in [-0.15, -0.1) is 0 Å². The summed E-state index contributed by atoms with van der Waals surface area (Å²) in [5.41, 5.74) is 0. The second-order valence-corrected chi connectivity index (χ2v) is 0.289. The van der Waals surface area contributed by atoms with Crippen molar-refractivity contribution in [2.75, 3.05) is 0 Å². The molecule has 0 rings (SSSR count). The smallest absolute Gasteiger partial charge is 0.907 e. The zero-order valence-corrected chi connectivity index (χ0v) is 8.93. The fraction of sp³-hybridized carbons (Fsp3) is 0. The van der Waals surface area contributed by atoms with Crippen LogP contribution in [0.4, 0.5) is 0 Å². The average molecular weight is 122 g/mol. The first-order valence-corrected chi connectivity index (χ1v) is 0.707. The molecule has 0 saturated heterocycles. The van der Waals surface area contributed by atoms with Crippen molar-refractivity contribution < 1.29 is 97.4 Å². The van der Waals surface area contributed by atoms with Crippen LogP contribution in [0.5, 0.6) is 0 Å². The van der Waals surface area contributed by atoms with Crippen LogP contribution in [0.25, 0.3) is 0 Å². The monoisotopic (exact) mass is 122 g/mol. The summed E-state index contributed by atoms with van der Waals surface area (Å²) in [4.78, 5) is 0. The molecule has 6 heteroatoms. The van der Waals surface area contributed by atoms with Gasteiger partial charge in [-0.3, -0.25) is 7.32 Å². The van der Waals surface area contributed by atoms with Crippen molar-refractivity contribution in [3.8, 4) is 0 Å². The SMILES string of the molecule is [H+].[K+].[Na+].[O-]B([O-])[O-]. The molecule has 0 saturated carbocycles. The molecular weight excluding hydrogens is 121 g/mol. The van der Waals surface area contributed by atoms with E-state index in [9.17, 15) is 0 Å². The molecule has 0 aromatic carbocycles. The van der Waals surface area contributed by atoms with Crippen molar-refractivity contribution in [1.29, 1.82) is 0 Å². The Morgan fingerprint density at radius 1 is 1.17 bits per heavy atom. The van der Waals surface area contributed by atoms with E-state index in [1.165, 1.54) is 0 Å². The Morgan fingerprint density at radius 3 is 1.17 bits per heavy atom. The quantitative estimate of drug-likeness (QED) is 0.299. The molecule has 0 heterocycles. The molecule has 0 aliphatic heterocycles. The predicted molar refractivity (Wildman–Crippen MR) is 6.87 cm³/mol.